The summed E-state index contributed by atoms with van der Waals surface area (Å²) in [7, 11) is 3.30. The van der Waals surface area contributed by atoms with E-state index in [1.165, 1.54) is 0 Å². The minimum atomic E-state index is -0.334. The standard InChI is InChI=1S/C29H30N2O5/c1-19-8-10-20(11-9-19)29(32)30-26-22-6-4-5-7-25(22)36-28(26)27(31-14-16-35-17-15-31)23-18-21(33-2)12-13-24(23)34-3/h4-13,18,27H,14-17H2,1-3H3,(H,30,32). The molecular formula is C29H30N2O5. The Hall–Kier alpha value is -3.81. The number of carbonyl (C=O) groups excluding carboxylic acids is 1. The van der Waals surface area contributed by atoms with Crippen LogP contribution in [-0.4, -0.2) is 51.3 Å². The van der Waals surface area contributed by atoms with Crippen molar-refractivity contribution in [2.75, 3.05) is 45.8 Å². The van der Waals surface area contributed by atoms with Gasteiger partial charge in [0.1, 0.15) is 17.1 Å². The summed E-state index contributed by atoms with van der Waals surface area (Å²) in [6.45, 7) is 4.61. The van der Waals surface area contributed by atoms with Gasteiger partial charge < -0.3 is 23.9 Å². The molecule has 36 heavy (non-hydrogen) atoms. The van der Waals surface area contributed by atoms with Crippen LogP contribution in [0.4, 0.5) is 5.69 Å². The molecule has 7 heteroatoms. The maximum Gasteiger partial charge on any atom is 0.255 e. The fourth-order valence-corrected chi connectivity index (χ4v) is 4.67. The third-order valence-corrected chi connectivity index (χ3v) is 6.57. The van der Waals surface area contributed by atoms with Crippen LogP contribution < -0.4 is 14.8 Å². The zero-order valence-electron chi connectivity index (χ0n) is 20.7. The van der Waals surface area contributed by atoms with Gasteiger partial charge in [0.25, 0.3) is 5.91 Å². The maximum absolute atomic E-state index is 13.3. The quantitative estimate of drug-likeness (QED) is 0.375. The van der Waals surface area contributed by atoms with Crippen LogP contribution in [0.5, 0.6) is 11.5 Å². The first-order valence-corrected chi connectivity index (χ1v) is 12.0. The molecule has 7 nitrogen and oxygen atoms in total. The fraction of sp³-hybridized carbons (Fsp3) is 0.276. The highest BCUT2D eigenvalue weighted by Gasteiger charge is 2.33. The lowest BCUT2D eigenvalue weighted by atomic mass is 9.98. The summed E-state index contributed by atoms with van der Waals surface area (Å²) < 4.78 is 23.5. The molecule has 186 valence electrons. The van der Waals surface area contributed by atoms with E-state index < -0.39 is 0 Å². The minimum absolute atomic E-state index is 0.193. The number of furan rings is 1. The summed E-state index contributed by atoms with van der Waals surface area (Å²) in [5.74, 6) is 1.88. The van der Waals surface area contributed by atoms with Crippen molar-refractivity contribution in [3.8, 4) is 11.5 Å². The van der Waals surface area contributed by atoms with Gasteiger partial charge in [-0.3, -0.25) is 9.69 Å². The Balaban J connectivity index is 1.67. The number of ether oxygens (including phenoxy) is 3. The molecule has 1 aliphatic heterocycles. The first kappa shape index (κ1) is 23.9. The van der Waals surface area contributed by atoms with Crippen LogP contribution in [-0.2, 0) is 4.74 Å². The van der Waals surface area contributed by atoms with Crippen LogP contribution in [0.15, 0.2) is 71.1 Å². The molecule has 0 radical (unpaired) electrons. The Morgan fingerprint density at radius 2 is 1.72 bits per heavy atom. The summed E-state index contributed by atoms with van der Waals surface area (Å²) in [6, 6.07) is 20.7. The molecule has 4 aromatic rings. The van der Waals surface area contributed by atoms with Crippen LogP contribution >= 0.6 is 0 Å². The molecular weight excluding hydrogens is 456 g/mol. The number of nitrogens with one attached hydrogen (secondary N) is 1. The van der Waals surface area contributed by atoms with Crippen molar-refractivity contribution >= 4 is 22.6 Å². The SMILES string of the molecule is COc1ccc(OC)c(C(c2oc3ccccc3c2NC(=O)c2ccc(C)cc2)N2CCOCC2)c1. The smallest absolute Gasteiger partial charge is 0.255 e. The number of hydrogen-bond donors (Lipinski definition) is 1. The summed E-state index contributed by atoms with van der Waals surface area (Å²) in [5, 5.41) is 4.00. The number of morpholine rings is 1. The summed E-state index contributed by atoms with van der Waals surface area (Å²) >= 11 is 0. The largest absolute Gasteiger partial charge is 0.497 e. The molecule has 1 aliphatic rings. The predicted molar refractivity (Wildman–Crippen MR) is 139 cm³/mol. The van der Waals surface area contributed by atoms with Crippen molar-refractivity contribution in [1.29, 1.82) is 0 Å². The molecule has 1 fully saturated rings. The molecule has 0 saturated carbocycles. The fourth-order valence-electron chi connectivity index (χ4n) is 4.67. The van der Waals surface area contributed by atoms with Crippen LogP contribution in [0.2, 0.25) is 0 Å². The molecule has 0 spiro atoms. The van der Waals surface area contributed by atoms with Gasteiger partial charge in [-0.1, -0.05) is 29.8 Å². The monoisotopic (exact) mass is 486 g/mol. The highest BCUT2D eigenvalue weighted by Crippen LogP contribution is 2.44. The van der Waals surface area contributed by atoms with Crippen molar-refractivity contribution in [2.24, 2.45) is 0 Å². The van der Waals surface area contributed by atoms with Gasteiger partial charge in [-0.2, -0.15) is 0 Å². The zero-order chi connectivity index (χ0) is 25.1. The number of hydrogen-bond acceptors (Lipinski definition) is 6. The maximum atomic E-state index is 13.3. The van der Waals surface area contributed by atoms with Gasteiger partial charge in [0, 0.05) is 29.6 Å². The molecule has 1 unspecified atom stereocenters. The van der Waals surface area contributed by atoms with Gasteiger partial charge in [0.15, 0.2) is 5.76 Å². The van der Waals surface area contributed by atoms with Crippen molar-refractivity contribution in [3.63, 3.8) is 0 Å². The van der Waals surface area contributed by atoms with Crippen LogP contribution in [0, 0.1) is 6.92 Å². The van der Waals surface area contributed by atoms with Gasteiger partial charge in [-0.25, -0.2) is 0 Å². The molecule has 1 amide bonds. The molecule has 1 N–H and O–H groups in total. The second-order valence-corrected chi connectivity index (χ2v) is 8.82. The number of aryl methyl sites for hydroxylation is 1. The van der Waals surface area contributed by atoms with Crippen LogP contribution in [0.3, 0.4) is 0 Å². The first-order chi connectivity index (χ1) is 17.6. The molecule has 0 aliphatic carbocycles. The van der Waals surface area contributed by atoms with Crippen molar-refractivity contribution in [3.05, 3.63) is 89.2 Å². The highest BCUT2D eigenvalue weighted by atomic mass is 16.5. The molecule has 1 saturated heterocycles. The second-order valence-electron chi connectivity index (χ2n) is 8.82. The van der Waals surface area contributed by atoms with Gasteiger partial charge in [0.05, 0.1) is 39.2 Å². The molecule has 1 aromatic heterocycles. The summed E-state index contributed by atoms with van der Waals surface area (Å²) in [6.07, 6.45) is 0. The molecule has 3 aromatic carbocycles. The predicted octanol–water partition coefficient (Wildman–Crippen LogP) is 5.43. The Morgan fingerprint density at radius 3 is 2.44 bits per heavy atom. The summed E-state index contributed by atoms with van der Waals surface area (Å²) in [4.78, 5) is 15.6. The highest BCUT2D eigenvalue weighted by molar-refractivity contribution is 6.09. The number of para-hydroxylation sites is 1. The average molecular weight is 487 g/mol. The molecule has 0 bridgehead atoms. The number of fused-ring (bicyclic) bond motifs is 1. The first-order valence-electron chi connectivity index (χ1n) is 12.0. The van der Waals surface area contributed by atoms with E-state index in [4.69, 9.17) is 18.6 Å². The number of methoxy groups -OCH3 is 2. The number of anilines is 1. The van der Waals surface area contributed by atoms with E-state index in [1.54, 1.807) is 14.2 Å². The lowest BCUT2D eigenvalue weighted by Crippen LogP contribution is -2.39. The Bertz CT molecular complexity index is 1360. The van der Waals surface area contributed by atoms with E-state index in [0.29, 0.717) is 60.4 Å². The third-order valence-electron chi connectivity index (χ3n) is 6.57. The third kappa shape index (κ3) is 4.67. The van der Waals surface area contributed by atoms with E-state index in [-0.39, 0.29) is 11.9 Å². The van der Waals surface area contributed by atoms with Crippen LogP contribution in [0.1, 0.15) is 33.3 Å². The van der Waals surface area contributed by atoms with E-state index in [2.05, 4.69) is 10.2 Å². The van der Waals surface area contributed by atoms with Crippen molar-refractivity contribution in [2.45, 2.75) is 13.0 Å². The van der Waals surface area contributed by atoms with E-state index >= 15 is 0 Å². The van der Waals surface area contributed by atoms with Gasteiger partial charge >= 0.3 is 0 Å². The van der Waals surface area contributed by atoms with E-state index in [9.17, 15) is 4.79 Å². The normalized spacial score (nSPS) is 15.0. The average Bonchev–Trinajstić information content (AvgIpc) is 3.27. The molecule has 1 atom stereocenters. The van der Waals surface area contributed by atoms with Gasteiger partial charge in [-0.05, 0) is 49.4 Å². The van der Waals surface area contributed by atoms with Crippen LogP contribution in [0.25, 0.3) is 11.0 Å². The lowest BCUT2D eigenvalue weighted by molar-refractivity contribution is 0.0201. The number of carbonyl (C=O) groups is 1. The van der Waals surface area contributed by atoms with Crippen molar-refractivity contribution in [1.82, 2.24) is 4.90 Å². The van der Waals surface area contributed by atoms with E-state index in [0.717, 1.165) is 16.5 Å². The van der Waals surface area contributed by atoms with E-state index in [1.807, 2.05) is 73.7 Å². The topological polar surface area (TPSA) is 73.2 Å². The summed E-state index contributed by atoms with van der Waals surface area (Å²) in [5.41, 5.74) is 3.92. The molecule has 5 rings (SSSR count). The van der Waals surface area contributed by atoms with Gasteiger partial charge in [-0.15, -0.1) is 0 Å². The van der Waals surface area contributed by atoms with Crippen molar-refractivity contribution < 1.29 is 23.4 Å². The lowest BCUT2D eigenvalue weighted by Gasteiger charge is -2.34. The minimum Gasteiger partial charge on any atom is -0.497 e. The number of rotatable bonds is 7. The molecule has 2 heterocycles. The number of nitrogens with zero attached hydrogens (tertiary/aromatic N) is 1. The Kier molecular flexibility index (Phi) is 6.93. The number of benzene rings is 3. The second kappa shape index (κ2) is 10.4. The Labute approximate surface area is 210 Å². The van der Waals surface area contributed by atoms with Gasteiger partial charge in [0.2, 0.25) is 0 Å². The number of amides is 1. The Morgan fingerprint density at radius 1 is 0.972 bits per heavy atom. The zero-order valence-corrected chi connectivity index (χ0v) is 20.7.